The predicted molar refractivity (Wildman–Crippen MR) is 106 cm³/mol. The van der Waals surface area contributed by atoms with Crippen LogP contribution in [0, 0.1) is 0 Å². The Bertz CT molecular complexity index is 563. The van der Waals surface area contributed by atoms with Gasteiger partial charge in [0.2, 0.25) is 6.79 Å². The summed E-state index contributed by atoms with van der Waals surface area (Å²) >= 11 is 3.52. The summed E-state index contributed by atoms with van der Waals surface area (Å²) in [7, 11) is 0. The van der Waals surface area contributed by atoms with Gasteiger partial charge in [0.05, 0.1) is 11.0 Å². The second-order valence-corrected chi connectivity index (χ2v) is 6.49. The highest BCUT2D eigenvalue weighted by atomic mass is 127. The van der Waals surface area contributed by atoms with Crippen LogP contribution in [0.1, 0.15) is 38.2 Å². The lowest BCUT2D eigenvalue weighted by molar-refractivity contribution is 0.173. The van der Waals surface area contributed by atoms with Crippen LogP contribution < -0.4 is 20.1 Å². The highest BCUT2D eigenvalue weighted by Crippen LogP contribution is 2.40. The molecule has 0 unspecified atom stereocenters. The second-order valence-electron chi connectivity index (χ2n) is 5.63. The Morgan fingerprint density at radius 2 is 2.09 bits per heavy atom. The van der Waals surface area contributed by atoms with Crippen LogP contribution in [0.2, 0.25) is 0 Å². The fourth-order valence-corrected chi connectivity index (χ4v) is 3.47. The number of halogens is 2. The van der Waals surface area contributed by atoms with E-state index in [-0.39, 0.29) is 30.8 Å². The maximum Gasteiger partial charge on any atom is 0.231 e. The number of benzene rings is 1. The second kappa shape index (κ2) is 8.96. The molecule has 23 heavy (non-hydrogen) atoms. The molecule has 0 aromatic heterocycles. The number of fused-ring (bicyclic) bond motifs is 1. The van der Waals surface area contributed by atoms with Crippen LogP contribution in [0.25, 0.3) is 0 Å². The minimum atomic E-state index is 0. The summed E-state index contributed by atoms with van der Waals surface area (Å²) < 4.78 is 11.8. The van der Waals surface area contributed by atoms with E-state index in [1.54, 1.807) is 0 Å². The normalized spacial score (nSPS) is 17.0. The average molecular weight is 496 g/mol. The van der Waals surface area contributed by atoms with Gasteiger partial charge in [0.25, 0.3) is 0 Å². The van der Waals surface area contributed by atoms with E-state index >= 15 is 0 Å². The topological polar surface area (TPSA) is 54.9 Å². The number of ether oxygens (including phenoxy) is 2. The summed E-state index contributed by atoms with van der Waals surface area (Å²) in [5, 5.41) is 6.84. The Labute approximate surface area is 162 Å². The van der Waals surface area contributed by atoms with E-state index in [1.165, 1.54) is 25.7 Å². The van der Waals surface area contributed by atoms with E-state index in [0.717, 1.165) is 34.0 Å². The largest absolute Gasteiger partial charge is 0.454 e. The molecule has 0 atom stereocenters. The van der Waals surface area contributed by atoms with Crippen molar-refractivity contribution in [3.05, 3.63) is 22.2 Å². The molecule has 1 aromatic rings. The highest BCUT2D eigenvalue weighted by Gasteiger charge is 2.18. The monoisotopic (exact) mass is 495 g/mol. The summed E-state index contributed by atoms with van der Waals surface area (Å²) in [4.78, 5) is 4.69. The standard InChI is InChI=1S/C16H22BrN3O2.HI/c1-2-18-16(20-12-5-3-4-6-12)19-9-11-7-13(17)15-14(8-11)21-10-22-15;/h7-8,12H,2-6,9-10H2,1H3,(H2,18,19,20);1H. The van der Waals surface area contributed by atoms with Crippen LogP contribution in [0.4, 0.5) is 0 Å². The molecule has 1 saturated carbocycles. The molecule has 0 radical (unpaired) electrons. The molecule has 1 aliphatic heterocycles. The first-order valence-corrected chi connectivity index (χ1v) is 8.68. The Kier molecular flexibility index (Phi) is 7.26. The fraction of sp³-hybridized carbons (Fsp3) is 0.562. The van der Waals surface area contributed by atoms with Crippen molar-refractivity contribution in [1.29, 1.82) is 0 Å². The third kappa shape index (κ3) is 4.89. The van der Waals surface area contributed by atoms with Gasteiger partial charge in [0, 0.05) is 12.6 Å². The van der Waals surface area contributed by atoms with Crippen LogP contribution in [0.3, 0.4) is 0 Å². The van der Waals surface area contributed by atoms with Gasteiger partial charge >= 0.3 is 0 Å². The van der Waals surface area contributed by atoms with Crippen molar-refractivity contribution >= 4 is 45.9 Å². The molecular weight excluding hydrogens is 473 g/mol. The molecular formula is C16H23BrIN3O2. The first kappa shape index (κ1) is 18.6. The number of nitrogens with one attached hydrogen (secondary N) is 2. The molecule has 1 aliphatic carbocycles. The Balaban J connectivity index is 0.00000192. The van der Waals surface area contributed by atoms with Gasteiger partial charge in [0.1, 0.15) is 0 Å². The zero-order chi connectivity index (χ0) is 15.4. The molecule has 1 heterocycles. The van der Waals surface area contributed by atoms with Crippen molar-refractivity contribution < 1.29 is 9.47 Å². The van der Waals surface area contributed by atoms with Crippen LogP contribution >= 0.6 is 39.9 Å². The molecule has 7 heteroatoms. The van der Waals surface area contributed by atoms with Crippen LogP contribution in [0.15, 0.2) is 21.6 Å². The lowest BCUT2D eigenvalue weighted by atomic mass is 10.2. The van der Waals surface area contributed by atoms with E-state index < -0.39 is 0 Å². The van der Waals surface area contributed by atoms with Gasteiger partial charge in [-0.1, -0.05) is 12.8 Å². The van der Waals surface area contributed by atoms with E-state index in [9.17, 15) is 0 Å². The number of hydrogen-bond donors (Lipinski definition) is 2. The molecule has 1 aromatic carbocycles. The Hall–Kier alpha value is -0.700. The SMILES string of the molecule is CCNC(=NCc1cc(Br)c2c(c1)OCO2)NC1CCCC1.I. The van der Waals surface area contributed by atoms with Gasteiger partial charge in [-0.3, -0.25) is 0 Å². The highest BCUT2D eigenvalue weighted by molar-refractivity contribution is 14.0. The van der Waals surface area contributed by atoms with Gasteiger partial charge in [-0.15, -0.1) is 24.0 Å². The van der Waals surface area contributed by atoms with Gasteiger partial charge in [-0.2, -0.15) is 0 Å². The molecule has 2 N–H and O–H groups in total. The number of hydrogen-bond acceptors (Lipinski definition) is 3. The van der Waals surface area contributed by atoms with Gasteiger partial charge in [0.15, 0.2) is 17.5 Å². The molecule has 2 aliphatic rings. The van der Waals surface area contributed by atoms with E-state index in [4.69, 9.17) is 14.5 Å². The van der Waals surface area contributed by atoms with Crippen molar-refractivity contribution in [2.75, 3.05) is 13.3 Å². The Morgan fingerprint density at radius 3 is 2.83 bits per heavy atom. The summed E-state index contributed by atoms with van der Waals surface area (Å²) in [5.74, 6) is 2.46. The van der Waals surface area contributed by atoms with Crippen molar-refractivity contribution in [1.82, 2.24) is 10.6 Å². The third-order valence-electron chi connectivity index (χ3n) is 3.95. The lowest BCUT2D eigenvalue weighted by Crippen LogP contribution is -2.42. The van der Waals surface area contributed by atoms with Gasteiger partial charge in [-0.25, -0.2) is 4.99 Å². The first-order valence-electron chi connectivity index (χ1n) is 7.89. The predicted octanol–water partition coefficient (Wildman–Crippen LogP) is 3.79. The molecule has 1 fully saturated rings. The molecule has 0 spiro atoms. The summed E-state index contributed by atoms with van der Waals surface area (Å²) in [6.07, 6.45) is 5.10. The first-order chi connectivity index (χ1) is 10.8. The summed E-state index contributed by atoms with van der Waals surface area (Å²) in [5.41, 5.74) is 1.10. The molecule has 3 rings (SSSR count). The van der Waals surface area contributed by atoms with Crippen LogP contribution in [-0.4, -0.2) is 25.3 Å². The van der Waals surface area contributed by atoms with Crippen molar-refractivity contribution in [2.24, 2.45) is 4.99 Å². The Morgan fingerprint density at radius 1 is 1.30 bits per heavy atom. The number of nitrogens with zero attached hydrogens (tertiary/aromatic N) is 1. The smallest absolute Gasteiger partial charge is 0.231 e. The summed E-state index contributed by atoms with van der Waals surface area (Å²) in [6.45, 7) is 3.84. The third-order valence-corrected chi connectivity index (χ3v) is 4.54. The van der Waals surface area contributed by atoms with Gasteiger partial charge in [-0.05, 0) is 53.4 Å². The number of rotatable bonds is 4. The van der Waals surface area contributed by atoms with Crippen LogP contribution in [-0.2, 0) is 6.54 Å². The quantitative estimate of drug-likeness (QED) is 0.379. The molecule has 0 amide bonds. The summed E-state index contributed by atoms with van der Waals surface area (Å²) in [6, 6.07) is 4.59. The number of aliphatic imine (C=N–C) groups is 1. The molecule has 0 saturated heterocycles. The van der Waals surface area contributed by atoms with Crippen LogP contribution in [0.5, 0.6) is 11.5 Å². The van der Waals surface area contributed by atoms with E-state index in [1.807, 2.05) is 12.1 Å². The average Bonchev–Trinajstić information content (AvgIpc) is 3.16. The fourth-order valence-electron chi connectivity index (χ4n) is 2.87. The van der Waals surface area contributed by atoms with E-state index in [0.29, 0.717) is 12.6 Å². The van der Waals surface area contributed by atoms with Crippen molar-refractivity contribution in [3.8, 4) is 11.5 Å². The molecule has 128 valence electrons. The minimum absolute atomic E-state index is 0. The lowest BCUT2D eigenvalue weighted by Gasteiger charge is -2.16. The van der Waals surface area contributed by atoms with Crippen molar-refractivity contribution in [2.45, 2.75) is 45.2 Å². The van der Waals surface area contributed by atoms with E-state index in [2.05, 4.69) is 33.5 Å². The zero-order valence-electron chi connectivity index (χ0n) is 13.2. The van der Waals surface area contributed by atoms with Crippen molar-refractivity contribution in [3.63, 3.8) is 0 Å². The molecule has 5 nitrogen and oxygen atoms in total. The zero-order valence-corrected chi connectivity index (χ0v) is 17.1. The maximum atomic E-state index is 5.45. The molecule has 0 bridgehead atoms. The minimum Gasteiger partial charge on any atom is -0.454 e. The number of guanidine groups is 1. The van der Waals surface area contributed by atoms with Gasteiger partial charge < -0.3 is 20.1 Å². The maximum absolute atomic E-state index is 5.45.